The van der Waals surface area contributed by atoms with Crippen LogP contribution in [0.2, 0.25) is 0 Å². The number of hydrogen-bond acceptors (Lipinski definition) is 2. The first-order valence-electron chi connectivity index (χ1n) is 4.10. The molecule has 3 nitrogen and oxygen atoms in total. The molecule has 1 aliphatic heterocycles. The molecular formula is C8H16ClNO2. The molecule has 0 aromatic rings. The third-order valence-corrected chi connectivity index (χ3v) is 2.28. The van der Waals surface area contributed by atoms with Crippen molar-refractivity contribution >= 4 is 18.4 Å². The molecular weight excluding hydrogens is 178 g/mol. The molecule has 1 heterocycles. The van der Waals surface area contributed by atoms with E-state index in [0.717, 1.165) is 12.8 Å². The van der Waals surface area contributed by atoms with Crippen molar-refractivity contribution in [2.24, 2.45) is 5.92 Å². The quantitative estimate of drug-likeness (QED) is 0.695. The van der Waals surface area contributed by atoms with Crippen LogP contribution in [0.15, 0.2) is 0 Å². The Hall–Kier alpha value is -0.280. The first kappa shape index (κ1) is 11.7. The molecule has 1 fully saturated rings. The largest absolute Gasteiger partial charge is 0.480 e. The number of carboxylic acid groups (broad SMARTS) is 1. The Morgan fingerprint density at radius 2 is 2.08 bits per heavy atom. The second kappa shape index (κ2) is 4.67. The van der Waals surface area contributed by atoms with Crippen LogP contribution in [0, 0.1) is 5.92 Å². The van der Waals surface area contributed by atoms with Crippen molar-refractivity contribution in [3.05, 3.63) is 0 Å². The molecule has 0 spiro atoms. The fourth-order valence-electron chi connectivity index (χ4n) is 1.49. The molecule has 1 saturated heterocycles. The summed E-state index contributed by atoms with van der Waals surface area (Å²) in [7, 11) is 0. The highest BCUT2D eigenvalue weighted by Crippen LogP contribution is 2.18. The monoisotopic (exact) mass is 193 g/mol. The van der Waals surface area contributed by atoms with Gasteiger partial charge >= 0.3 is 5.97 Å². The maximum Gasteiger partial charge on any atom is 0.320 e. The van der Waals surface area contributed by atoms with Gasteiger partial charge in [-0.15, -0.1) is 12.4 Å². The van der Waals surface area contributed by atoms with Crippen molar-refractivity contribution in [2.75, 3.05) is 0 Å². The molecule has 0 amide bonds. The molecule has 72 valence electrons. The summed E-state index contributed by atoms with van der Waals surface area (Å²) in [6.07, 6.45) is 1.77. The maximum absolute atomic E-state index is 10.5. The Morgan fingerprint density at radius 1 is 1.50 bits per heavy atom. The van der Waals surface area contributed by atoms with Crippen molar-refractivity contribution in [3.8, 4) is 0 Å². The van der Waals surface area contributed by atoms with Crippen molar-refractivity contribution in [2.45, 2.75) is 38.8 Å². The molecule has 1 rings (SSSR count). The number of nitrogens with one attached hydrogen (secondary N) is 1. The molecule has 0 aliphatic carbocycles. The highest BCUT2D eigenvalue weighted by molar-refractivity contribution is 5.85. The first-order chi connectivity index (χ1) is 5.11. The molecule has 2 atom stereocenters. The first-order valence-corrected chi connectivity index (χ1v) is 4.10. The highest BCUT2D eigenvalue weighted by Gasteiger charge is 2.29. The van der Waals surface area contributed by atoms with E-state index in [0.29, 0.717) is 12.0 Å². The Kier molecular flexibility index (Phi) is 4.57. The Labute approximate surface area is 78.9 Å². The average Bonchev–Trinajstić information content (AvgIpc) is 2.33. The molecule has 0 bridgehead atoms. The van der Waals surface area contributed by atoms with E-state index < -0.39 is 5.97 Å². The van der Waals surface area contributed by atoms with Crippen LogP contribution in [-0.4, -0.2) is 23.2 Å². The maximum atomic E-state index is 10.5. The second-order valence-corrected chi connectivity index (χ2v) is 3.49. The van der Waals surface area contributed by atoms with E-state index in [2.05, 4.69) is 19.2 Å². The van der Waals surface area contributed by atoms with Gasteiger partial charge in [0, 0.05) is 6.04 Å². The van der Waals surface area contributed by atoms with Gasteiger partial charge < -0.3 is 10.4 Å². The standard InChI is InChI=1S/C8H15NO2.ClH/c1-5(2)6-3-4-7(9-6)8(10)11;/h5-7,9H,3-4H2,1-2H3,(H,10,11);1H/t6-,7-;/m0./s1. The van der Waals surface area contributed by atoms with Crippen LogP contribution in [0.25, 0.3) is 0 Å². The zero-order chi connectivity index (χ0) is 8.43. The molecule has 0 aromatic heterocycles. The van der Waals surface area contributed by atoms with Crippen LogP contribution in [-0.2, 0) is 4.79 Å². The topological polar surface area (TPSA) is 49.3 Å². The molecule has 4 heteroatoms. The van der Waals surface area contributed by atoms with Crippen molar-refractivity contribution in [1.29, 1.82) is 0 Å². The molecule has 0 aromatic carbocycles. The van der Waals surface area contributed by atoms with Gasteiger partial charge in [0.2, 0.25) is 0 Å². The molecule has 0 saturated carbocycles. The van der Waals surface area contributed by atoms with Crippen LogP contribution in [0.1, 0.15) is 26.7 Å². The fourth-order valence-corrected chi connectivity index (χ4v) is 1.49. The Balaban J connectivity index is 0.00000121. The number of carboxylic acids is 1. The lowest BCUT2D eigenvalue weighted by Gasteiger charge is -2.14. The van der Waals surface area contributed by atoms with Crippen LogP contribution in [0.4, 0.5) is 0 Å². The van der Waals surface area contributed by atoms with E-state index in [1.807, 2.05) is 0 Å². The lowest BCUT2D eigenvalue weighted by molar-refractivity contribution is -0.139. The van der Waals surface area contributed by atoms with Gasteiger partial charge in [-0.3, -0.25) is 4.79 Å². The summed E-state index contributed by atoms with van der Waals surface area (Å²) in [5, 5.41) is 11.7. The molecule has 0 radical (unpaired) electrons. The third-order valence-electron chi connectivity index (χ3n) is 2.28. The van der Waals surface area contributed by atoms with Gasteiger partial charge in [-0.25, -0.2) is 0 Å². The van der Waals surface area contributed by atoms with Gasteiger partial charge in [-0.05, 0) is 18.8 Å². The predicted molar refractivity (Wildman–Crippen MR) is 49.7 cm³/mol. The van der Waals surface area contributed by atoms with Crippen molar-refractivity contribution in [3.63, 3.8) is 0 Å². The fraction of sp³-hybridized carbons (Fsp3) is 0.875. The minimum atomic E-state index is -0.715. The van der Waals surface area contributed by atoms with Crippen LogP contribution >= 0.6 is 12.4 Å². The van der Waals surface area contributed by atoms with E-state index in [-0.39, 0.29) is 18.4 Å². The summed E-state index contributed by atoms with van der Waals surface area (Å²) in [6.45, 7) is 4.23. The zero-order valence-electron chi connectivity index (χ0n) is 7.41. The molecule has 2 N–H and O–H groups in total. The summed E-state index contributed by atoms with van der Waals surface area (Å²) in [5.41, 5.74) is 0. The highest BCUT2D eigenvalue weighted by atomic mass is 35.5. The lowest BCUT2D eigenvalue weighted by atomic mass is 10.0. The lowest BCUT2D eigenvalue weighted by Crippen LogP contribution is -2.37. The second-order valence-electron chi connectivity index (χ2n) is 3.49. The number of rotatable bonds is 2. The van der Waals surface area contributed by atoms with Gasteiger partial charge in [-0.2, -0.15) is 0 Å². The molecule has 12 heavy (non-hydrogen) atoms. The Morgan fingerprint density at radius 3 is 2.33 bits per heavy atom. The SMILES string of the molecule is CC(C)[C@@H]1CC[C@@H](C(=O)O)N1.Cl. The van der Waals surface area contributed by atoms with Crippen molar-refractivity contribution in [1.82, 2.24) is 5.32 Å². The van der Waals surface area contributed by atoms with Crippen LogP contribution in [0.5, 0.6) is 0 Å². The molecule has 1 aliphatic rings. The number of hydrogen-bond donors (Lipinski definition) is 2. The minimum Gasteiger partial charge on any atom is -0.480 e. The zero-order valence-corrected chi connectivity index (χ0v) is 8.23. The summed E-state index contributed by atoms with van der Waals surface area (Å²) in [6, 6.07) is 0.0958. The Bertz CT molecular complexity index is 161. The summed E-state index contributed by atoms with van der Waals surface area (Å²) >= 11 is 0. The minimum absolute atomic E-state index is 0. The smallest absolute Gasteiger partial charge is 0.320 e. The van der Waals surface area contributed by atoms with E-state index in [1.54, 1.807) is 0 Å². The van der Waals surface area contributed by atoms with Gasteiger partial charge in [0.1, 0.15) is 6.04 Å². The van der Waals surface area contributed by atoms with Crippen molar-refractivity contribution < 1.29 is 9.90 Å². The average molecular weight is 194 g/mol. The summed E-state index contributed by atoms with van der Waals surface area (Å²) < 4.78 is 0. The predicted octanol–water partition coefficient (Wildman–Crippen LogP) is 1.27. The molecule has 0 unspecified atom stereocenters. The normalized spacial score (nSPS) is 28.6. The van der Waals surface area contributed by atoms with Gasteiger partial charge in [-0.1, -0.05) is 13.8 Å². The van der Waals surface area contributed by atoms with Gasteiger partial charge in [0.25, 0.3) is 0 Å². The van der Waals surface area contributed by atoms with Crippen LogP contribution in [0.3, 0.4) is 0 Å². The van der Waals surface area contributed by atoms with E-state index in [1.165, 1.54) is 0 Å². The van der Waals surface area contributed by atoms with E-state index in [4.69, 9.17) is 5.11 Å². The summed E-state index contributed by atoms with van der Waals surface area (Å²) in [5.74, 6) is -0.174. The van der Waals surface area contributed by atoms with E-state index >= 15 is 0 Å². The number of halogens is 1. The van der Waals surface area contributed by atoms with Crippen LogP contribution < -0.4 is 5.32 Å². The van der Waals surface area contributed by atoms with E-state index in [9.17, 15) is 4.79 Å². The van der Waals surface area contributed by atoms with Gasteiger partial charge in [0.15, 0.2) is 0 Å². The summed E-state index contributed by atoms with van der Waals surface area (Å²) in [4.78, 5) is 10.5. The van der Waals surface area contributed by atoms with Gasteiger partial charge in [0.05, 0.1) is 0 Å². The third kappa shape index (κ3) is 2.64. The number of aliphatic carboxylic acids is 1. The number of carbonyl (C=O) groups is 1.